The molecule has 3 N–H and O–H groups in total. The number of rotatable bonds is 8. The Morgan fingerprint density at radius 2 is 1.68 bits per heavy atom. The summed E-state index contributed by atoms with van der Waals surface area (Å²) in [6.45, 7) is 5.90. The zero-order valence-electron chi connectivity index (χ0n) is 16.2. The number of benzene rings is 2. The van der Waals surface area contributed by atoms with E-state index in [-0.39, 0.29) is 37.0 Å². The van der Waals surface area contributed by atoms with Crippen molar-refractivity contribution in [1.29, 1.82) is 0 Å². The molecular formula is C20H24N4O4. The van der Waals surface area contributed by atoms with E-state index in [0.717, 1.165) is 22.4 Å². The topological polar surface area (TPSA) is 113 Å². The highest BCUT2D eigenvalue weighted by Crippen LogP contribution is 2.23. The van der Waals surface area contributed by atoms with Gasteiger partial charge in [-0.15, -0.1) is 0 Å². The van der Waals surface area contributed by atoms with Crippen LogP contribution in [0.15, 0.2) is 36.4 Å². The molecule has 2 amide bonds. The molecule has 0 aliphatic heterocycles. The number of carbonyl (C=O) groups excluding carboxylic acids is 2. The van der Waals surface area contributed by atoms with Crippen LogP contribution in [0.3, 0.4) is 0 Å². The van der Waals surface area contributed by atoms with Crippen LogP contribution in [0.4, 0.5) is 17.1 Å². The molecule has 0 saturated carbocycles. The first kappa shape index (κ1) is 20.9. The van der Waals surface area contributed by atoms with E-state index in [0.29, 0.717) is 5.69 Å². The van der Waals surface area contributed by atoms with Crippen LogP contribution in [0.5, 0.6) is 0 Å². The molecule has 0 aromatic heterocycles. The fourth-order valence-electron chi connectivity index (χ4n) is 2.92. The van der Waals surface area contributed by atoms with E-state index in [4.69, 9.17) is 0 Å². The molecular weight excluding hydrogens is 360 g/mol. The fourth-order valence-corrected chi connectivity index (χ4v) is 2.92. The molecule has 0 heterocycles. The Bertz CT molecular complexity index is 873. The quantitative estimate of drug-likeness (QED) is 0.478. The first-order valence-electron chi connectivity index (χ1n) is 8.89. The van der Waals surface area contributed by atoms with E-state index < -0.39 is 4.92 Å². The average molecular weight is 384 g/mol. The van der Waals surface area contributed by atoms with Gasteiger partial charge in [-0.2, -0.15) is 0 Å². The second-order valence-electron chi connectivity index (χ2n) is 6.55. The molecule has 0 aliphatic rings. The Labute approximate surface area is 163 Å². The van der Waals surface area contributed by atoms with Crippen molar-refractivity contribution in [3.8, 4) is 0 Å². The minimum atomic E-state index is -0.484. The minimum Gasteiger partial charge on any atom is -0.379 e. The molecule has 0 saturated heterocycles. The maximum Gasteiger partial charge on any atom is 0.292 e. The lowest BCUT2D eigenvalue weighted by Crippen LogP contribution is -2.34. The highest BCUT2D eigenvalue weighted by Gasteiger charge is 2.13. The minimum absolute atomic E-state index is 0.0499. The summed E-state index contributed by atoms with van der Waals surface area (Å²) in [7, 11) is 0. The second-order valence-corrected chi connectivity index (χ2v) is 6.55. The number of nitro groups is 1. The maximum absolute atomic E-state index is 12.1. The molecule has 0 atom stereocenters. The summed E-state index contributed by atoms with van der Waals surface area (Å²) in [6.07, 6.45) is 0.0852. The standard InChI is InChI=1S/C20H24N4O4/c1-13-10-14(2)20(15(3)11-13)23-19(26)12-22-18(25)8-9-21-16-6-4-5-7-17(16)24(27)28/h4-7,10-11,21H,8-9,12H2,1-3H3,(H,22,25)(H,23,26). The fraction of sp³-hybridized carbons (Fsp3) is 0.300. The summed E-state index contributed by atoms with van der Waals surface area (Å²) in [5.74, 6) is -0.631. The molecule has 0 radical (unpaired) electrons. The predicted molar refractivity (Wildman–Crippen MR) is 108 cm³/mol. The second kappa shape index (κ2) is 9.50. The smallest absolute Gasteiger partial charge is 0.292 e. The molecule has 148 valence electrons. The van der Waals surface area contributed by atoms with Gasteiger partial charge < -0.3 is 16.0 Å². The first-order chi connectivity index (χ1) is 13.3. The van der Waals surface area contributed by atoms with Gasteiger partial charge in [0.05, 0.1) is 11.5 Å². The van der Waals surface area contributed by atoms with Crippen LogP contribution in [0.25, 0.3) is 0 Å². The van der Waals surface area contributed by atoms with Gasteiger partial charge in [0.15, 0.2) is 0 Å². The summed E-state index contributed by atoms with van der Waals surface area (Å²) in [4.78, 5) is 34.5. The Hall–Kier alpha value is -3.42. The van der Waals surface area contributed by atoms with Crippen molar-refractivity contribution in [2.24, 2.45) is 0 Å². The van der Waals surface area contributed by atoms with Crippen LogP contribution in [-0.2, 0) is 9.59 Å². The molecule has 0 aliphatic carbocycles. The lowest BCUT2D eigenvalue weighted by Gasteiger charge is -2.13. The summed E-state index contributed by atoms with van der Waals surface area (Å²) in [6, 6.07) is 10.2. The highest BCUT2D eigenvalue weighted by atomic mass is 16.6. The third kappa shape index (κ3) is 5.80. The van der Waals surface area contributed by atoms with Gasteiger partial charge in [-0.1, -0.05) is 29.8 Å². The number of anilines is 2. The van der Waals surface area contributed by atoms with Crippen LogP contribution < -0.4 is 16.0 Å². The number of carbonyl (C=O) groups is 2. The highest BCUT2D eigenvalue weighted by molar-refractivity contribution is 5.95. The van der Waals surface area contributed by atoms with Gasteiger partial charge in [0, 0.05) is 24.7 Å². The largest absolute Gasteiger partial charge is 0.379 e. The van der Waals surface area contributed by atoms with Crippen LogP contribution in [0.1, 0.15) is 23.1 Å². The van der Waals surface area contributed by atoms with Gasteiger partial charge in [-0.3, -0.25) is 19.7 Å². The summed E-state index contributed by atoms with van der Waals surface area (Å²) in [5, 5.41) is 19.2. The summed E-state index contributed by atoms with van der Waals surface area (Å²) in [5.41, 5.74) is 4.10. The van der Waals surface area contributed by atoms with Gasteiger partial charge in [-0.05, 0) is 38.0 Å². The van der Waals surface area contributed by atoms with E-state index in [1.54, 1.807) is 18.2 Å². The molecule has 2 aromatic carbocycles. The van der Waals surface area contributed by atoms with Gasteiger partial charge in [0.2, 0.25) is 11.8 Å². The van der Waals surface area contributed by atoms with Crippen molar-refractivity contribution in [3.05, 3.63) is 63.2 Å². The molecule has 2 rings (SSSR count). The van der Waals surface area contributed by atoms with Crippen LogP contribution >= 0.6 is 0 Å². The number of nitrogens with one attached hydrogen (secondary N) is 3. The van der Waals surface area contributed by atoms with Crippen molar-refractivity contribution >= 4 is 28.9 Å². The Morgan fingerprint density at radius 1 is 1.04 bits per heavy atom. The molecule has 8 nitrogen and oxygen atoms in total. The van der Waals surface area contributed by atoms with E-state index in [1.807, 2.05) is 32.9 Å². The molecule has 0 spiro atoms. The van der Waals surface area contributed by atoms with Crippen molar-refractivity contribution in [1.82, 2.24) is 5.32 Å². The van der Waals surface area contributed by atoms with E-state index >= 15 is 0 Å². The Balaban J connectivity index is 1.79. The molecule has 2 aromatic rings. The van der Waals surface area contributed by atoms with Crippen molar-refractivity contribution in [2.75, 3.05) is 23.7 Å². The van der Waals surface area contributed by atoms with E-state index in [2.05, 4.69) is 16.0 Å². The van der Waals surface area contributed by atoms with Crippen LogP contribution in [0, 0.1) is 30.9 Å². The first-order valence-corrected chi connectivity index (χ1v) is 8.89. The molecule has 8 heteroatoms. The van der Waals surface area contributed by atoms with Gasteiger partial charge in [-0.25, -0.2) is 0 Å². The summed E-state index contributed by atoms with van der Waals surface area (Å²) < 4.78 is 0. The van der Waals surface area contributed by atoms with E-state index in [9.17, 15) is 19.7 Å². The van der Waals surface area contributed by atoms with Gasteiger partial charge >= 0.3 is 0 Å². The number of para-hydroxylation sites is 2. The number of aryl methyl sites for hydroxylation is 3. The predicted octanol–water partition coefficient (Wildman–Crippen LogP) is 3.08. The normalized spacial score (nSPS) is 10.2. The lowest BCUT2D eigenvalue weighted by molar-refractivity contribution is -0.384. The molecule has 0 fully saturated rings. The average Bonchev–Trinajstić information content (AvgIpc) is 2.63. The number of nitro benzene ring substituents is 1. The Kier molecular flexibility index (Phi) is 7.08. The third-order valence-electron chi connectivity index (χ3n) is 4.16. The Morgan fingerprint density at radius 3 is 2.32 bits per heavy atom. The summed E-state index contributed by atoms with van der Waals surface area (Å²) >= 11 is 0. The molecule has 0 bridgehead atoms. The zero-order chi connectivity index (χ0) is 20.7. The van der Waals surface area contributed by atoms with Crippen molar-refractivity contribution < 1.29 is 14.5 Å². The molecule has 28 heavy (non-hydrogen) atoms. The molecule has 0 unspecified atom stereocenters. The third-order valence-corrected chi connectivity index (χ3v) is 4.16. The van der Waals surface area contributed by atoms with Crippen LogP contribution in [-0.4, -0.2) is 29.8 Å². The number of amides is 2. The maximum atomic E-state index is 12.1. The number of nitrogens with zero attached hydrogens (tertiary/aromatic N) is 1. The SMILES string of the molecule is Cc1cc(C)c(NC(=O)CNC(=O)CCNc2ccccc2[N+](=O)[O-])c(C)c1. The van der Waals surface area contributed by atoms with Crippen molar-refractivity contribution in [2.45, 2.75) is 27.2 Å². The number of hydrogen-bond donors (Lipinski definition) is 3. The van der Waals surface area contributed by atoms with Crippen molar-refractivity contribution in [3.63, 3.8) is 0 Å². The monoisotopic (exact) mass is 384 g/mol. The van der Waals surface area contributed by atoms with E-state index in [1.165, 1.54) is 6.07 Å². The lowest BCUT2D eigenvalue weighted by atomic mass is 10.1. The van der Waals surface area contributed by atoms with Gasteiger partial charge in [0.1, 0.15) is 5.69 Å². The van der Waals surface area contributed by atoms with Gasteiger partial charge in [0.25, 0.3) is 5.69 Å². The number of hydrogen-bond acceptors (Lipinski definition) is 5. The van der Waals surface area contributed by atoms with Crippen LogP contribution in [0.2, 0.25) is 0 Å². The zero-order valence-corrected chi connectivity index (χ0v) is 16.2.